The van der Waals surface area contributed by atoms with E-state index in [9.17, 15) is 4.79 Å². The third kappa shape index (κ3) is 4.95. The number of methoxy groups -OCH3 is 1. The lowest BCUT2D eigenvalue weighted by atomic mass is 10.1. The highest BCUT2D eigenvalue weighted by molar-refractivity contribution is 5.94. The van der Waals surface area contributed by atoms with Gasteiger partial charge in [0.25, 0.3) is 5.91 Å². The van der Waals surface area contributed by atoms with Crippen molar-refractivity contribution in [2.45, 2.75) is 12.8 Å². The zero-order valence-electron chi connectivity index (χ0n) is 15.1. The van der Waals surface area contributed by atoms with Crippen molar-refractivity contribution in [2.75, 3.05) is 44.9 Å². The van der Waals surface area contributed by atoms with Gasteiger partial charge >= 0.3 is 0 Å². The van der Waals surface area contributed by atoms with Gasteiger partial charge in [-0.1, -0.05) is 12.1 Å². The van der Waals surface area contributed by atoms with Crippen LogP contribution < -0.4 is 15.0 Å². The molecule has 0 bridgehead atoms. The molecule has 0 aliphatic carbocycles. The Labute approximate surface area is 154 Å². The van der Waals surface area contributed by atoms with Crippen LogP contribution >= 0.6 is 0 Å². The van der Waals surface area contributed by atoms with Gasteiger partial charge in [0.15, 0.2) is 0 Å². The van der Waals surface area contributed by atoms with E-state index in [2.05, 4.69) is 27.3 Å². The van der Waals surface area contributed by atoms with Crippen molar-refractivity contribution in [3.63, 3.8) is 0 Å². The van der Waals surface area contributed by atoms with E-state index in [1.165, 1.54) is 5.56 Å². The Morgan fingerprint density at radius 2 is 1.96 bits per heavy atom. The van der Waals surface area contributed by atoms with Crippen molar-refractivity contribution in [1.82, 2.24) is 10.3 Å². The van der Waals surface area contributed by atoms with E-state index in [1.807, 2.05) is 24.3 Å². The molecule has 1 saturated heterocycles. The number of aryl methyl sites for hydroxylation is 1. The van der Waals surface area contributed by atoms with Gasteiger partial charge in [-0.05, 0) is 42.7 Å². The molecule has 1 amide bonds. The summed E-state index contributed by atoms with van der Waals surface area (Å²) in [4.78, 5) is 18.8. The normalized spacial score (nSPS) is 14.1. The van der Waals surface area contributed by atoms with Crippen molar-refractivity contribution in [1.29, 1.82) is 0 Å². The van der Waals surface area contributed by atoms with Gasteiger partial charge in [0, 0.05) is 25.8 Å². The predicted octanol–water partition coefficient (Wildman–Crippen LogP) is 2.29. The number of benzene rings is 1. The van der Waals surface area contributed by atoms with Crippen LogP contribution in [0.25, 0.3) is 0 Å². The summed E-state index contributed by atoms with van der Waals surface area (Å²) in [5, 5.41) is 2.95. The fraction of sp³-hybridized carbons (Fsp3) is 0.400. The molecule has 1 aromatic carbocycles. The highest BCUT2D eigenvalue weighted by Crippen LogP contribution is 2.14. The second-order valence-electron chi connectivity index (χ2n) is 6.21. The monoisotopic (exact) mass is 355 g/mol. The Bertz CT molecular complexity index is 695. The van der Waals surface area contributed by atoms with Gasteiger partial charge < -0.3 is 19.7 Å². The van der Waals surface area contributed by atoms with Crippen LogP contribution in [0.5, 0.6) is 5.75 Å². The van der Waals surface area contributed by atoms with Gasteiger partial charge in [0.1, 0.15) is 11.6 Å². The molecule has 2 aromatic rings. The van der Waals surface area contributed by atoms with Crippen LogP contribution in [0.1, 0.15) is 22.3 Å². The van der Waals surface area contributed by atoms with E-state index in [0.717, 1.165) is 50.7 Å². The number of hydrogen-bond donors (Lipinski definition) is 1. The number of carbonyl (C=O) groups is 1. The largest absolute Gasteiger partial charge is 0.497 e. The minimum absolute atomic E-state index is 0.0826. The molecule has 6 heteroatoms. The number of nitrogens with one attached hydrogen (secondary N) is 1. The lowest BCUT2D eigenvalue weighted by molar-refractivity contribution is 0.0952. The molecule has 2 heterocycles. The number of pyridine rings is 1. The number of anilines is 1. The van der Waals surface area contributed by atoms with Gasteiger partial charge in [-0.3, -0.25) is 4.79 Å². The van der Waals surface area contributed by atoms with Crippen molar-refractivity contribution in [3.8, 4) is 5.75 Å². The van der Waals surface area contributed by atoms with Crippen molar-refractivity contribution in [2.24, 2.45) is 0 Å². The molecular formula is C20H25N3O3. The van der Waals surface area contributed by atoms with E-state index < -0.39 is 0 Å². The maximum atomic E-state index is 12.2. The van der Waals surface area contributed by atoms with Crippen LogP contribution in [0.15, 0.2) is 42.6 Å². The first-order valence-electron chi connectivity index (χ1n) is 8.96. The van der Waals surface area contributed by atoms with E-state index in [0.29, 0.717) is 12.1 Å². The third-order valence-corrected chi connectivity index (χ3v) is 4.43. The number of aromatic nitrogens is 1. The number of hydrogen-bond acceptors (Lipinski definition) is 5. The van der Waals surface area contributed by atoms with E-state index in [1.54, 1.807) is 13.3 Å². The second-order valence-corrected chi connectivity index (χ2v) is 6.21. The summed E-state index contributed by atoms with van der Waals surface area (Å²) in [5.74, 6) is 1.67. The molecule has 0 saturated carbocycles. The smallest absolute Gasteiger partial charge is 0.252 e. The highest BCUT2D eigenvalue weighted by Gasteiger charge is 2.13. The molecule has 0 spiro atoms. The van der Waals surface area contributed by atoms with Crippen molar-refractivity contribution in [3.05, 3.63) is 53.7 Å². The summed E-state index contributed by atoms with van der Waals surface area (Å²) in [6.45, 7) is 3.75. The minimum Gasteiger partial charge on any atom is -0.497 e. The number of amides is 1. The molecule has 6 nitrogen and oxygen atoms in total. The fourth-order valence-electron chi connectivity index (χ4n) is 2.89. The van der Waals surface area contributed by atoms with Gasteiger partial charge in [0.05, 0.1) is 25.9 Å². The Balaban J connectivity index is 1.42. The maximum absolute atomic E-state index is 12.2. The number of nitrogens with zero attached hydrogens (tertiary/aromatic N) is 2. The number of morpholine rings is 1. The molecule has 0 radical (unpaired) electrons. The van der Waals surface area contributed by atoms with Crippen molar-refractivity contribution < 1.29 is 14.3 Å². The Hall–Kier alpha value is -2.60. The Morgan fingerprint density at radius 3 is 2.62 bits per heavy atom. The lowest BCUT2D eigenvalue weighted by Gasteiger charge is -2.27. The first kappa shape index (κ1) is 18.2. The molecule has 1 aromatic heterocycles. The average Bonchev–Trinajstić information content (AvgIpc) is 2.72. The zero-order chi connectivity index (χ0) is 18.2. The van der Waals surface area contributed by atoms with Crippen LogP contribution in [0, 0.1) is 0 Å². The number of rotatable bonds is 7. The van der Waals surface area contributed by atoms with Gasteiger partial charge in [0.2, 0.25) is 0 Å². The average molecular weight is 355 g/mol. The summed E-state index contributed by atoms with van der Waals surface area (Å²) in [7, 11) is 1.66. The topological polar surface area (TPSA) is 63.7 Å². The zero-order valence-corrected chi connectivity index (χ0v) is 15.1. The summed E-state index contributed by atoms with van der Waals surface area (Å²) < 4.78 is 10.5. The molecule has 0 unspecified atom stereocenters. The van der Waals surface area contributed by atoms with Crippen LogP contribution in [0.3, 0.4) is 0 Å². The van der Waals surface area contributed by atoms with E-state index in [4.69, 9.17) is 9.47 Å². The second kappa shape index (κ2) is 9.20. The Morgan fingerprint density at radius 1 is 1.19 bits per heavy atom. The summed E-state index contributed by atoms with van der Waals surface area (Å²) in [6.07, 6.45) is 3.44. The fourth-order valence-corrected chi connectivity index (χ4v) is 2.89. The molecule has 138 valence electrons. The van der Waals surface area contributed by atoms with Crippen LogP contribution in [-0.4, -0.2) is 50.8 Å². The molecular weight excluding hydrogens is 330 g/mol. The summed E-state index contributed by atoms with van der Waals surface area (Å²) in [5.41, 5.74) is 1.82. The minimum atomic E-state index is -0.0826. The van der Waals surface area contributed by atoms with Gasteiger partial charge in [-0.2, -0.15) is 0 Å². The molecule has 26 heavy (non-hydrogen) atoms. The molecule has 3 rings (SSSR count). The first-order valence-corrected chi connectivity index (χ1v) is 8.96. The molecule has 0 atom stereocenters. The van der Waals surface area contributed by atoms with Gasteiger partial charge in [-0.15, -0.1) is 0 Å². The van der Waals surface area contributed by atoms with Gasteiger partial charge in [-0.25, -0.2) is 4.98 Å². The Kier molecular flexibility index (Phi) is 6.44. The standard InChI is InChI=1S/C20H25N3O3/c1-25-18-7-4-16(5-8-18)3-2-10-21-20(24)17-6-9-19(22-15-17)23-11-13-26-14-12-23/h4-9,15H,2-3,10-14H2,1H3,(H,21,24). The number of carbonyl (C=O) groups excluding carboxylic acids is 1. The van der Waals surface area contributed by atoms with E-state index >= 15 is 0 Å². The summed E-state index contributed by atoms with van der Waals surface area (Å²) in [6, 6.07) is 11.7. The van der Waals surface area contributed by atoms with Crippen molar-refractivity contribution >= 4 is 11.7 Å². The SMILES string of the molecule is COc1ccc(CCCNC(=O)c2ccc(N3CCOCC3)nc2)cc1. The van der Waals surface area contributed by atoms with Crippen LogP contribution in [0.4, 0.5) is 5.82 Å². The molecule has 1 N–H and O–H groups in total. The number of ether oxygens (including phenoxy) is 2. The quantitative estimate of drug-likeness (QED) is 0.772. The molecule has 1 aliphatic rings. The third-order valence-electron chi connectivity index (χ3n) is 4.43. The summed E-state index contributed by atoms with van der Waals surface area (Å²) >= 11 is 0. The molecule has 1 fully saturated rings. The molecule has 1 aliphatic heterocycles. The predicted molar refractivity (Wildman–Crippen MR) is 101 cm³/mol. The van der Waals surface area contributed by atoms with Crippen LogP contribution in [0.2, 0.25) is 0 Å². The first-order chi connectivity index (χ1) is 12.8. The highest BCUT2D eigenvalue weighted by atomic mass is 16.5. The van der Waals surface area contributed by atoms with Crippen LogP contribution in [-0.2, 0) is 11.2 Å². The van der Waals surface area contributed by atoms with E-state index in [-0.39, 0.29) is 5.91 Å². The maximum Gasteiger partial charge on any atom is 0.252 e. The lowest BCUT2D eigenvalue weighted by Crippen LogP contribution is -2.36.